The minimum atomic E-state index is -0.641. The number of nitrogens with one attached hydrogen (secondary N) is 2. The van der Waals surface area contributed by atoms with E-state index in [1.54, 1.807) is 0 Å². The van der Waals surface area contributed by atoms with Crippen LogP contribution in [0, 0.1) is 0 Å². The Kier molecular flexibility index (Phi) is 3.85. The standard InChI is InChI=1S/C15H18N2O/c1-16-13-9-5-3-7-11(13)15(18)12-8-4-6-10-14(12)17-2/h3-10,15-18H,1-2H3. The quantitative estimate of drug-likeness (QED) is 0.772. The van der Waals surface area contributed by atoms with E-state index >= 15 is 0 Å². The Morgan fingerprint density at radius 3 is 1.56 bits per heavy atom. The zero-order chi connectivity index (χ0) is 13.0. The molecule has 0 radical (unpaired) electrons. The lowest BCUT2D eigenvalue weighted by Gasteiger charge is -2.18. The molecule has 2 aromatic carbocycles. The Bertz CT molecular complexity index is 478. The van der Waals surface area contributed by atoms with Gasteiger partial charge in [0.15, 0.2) is 0 Å². The lowest BCUT2D eigenvalue weighted by molar-refractivity contribution is 0.221. The molecule has 3 heteroatoms. The van der Waals surface area contributed by atoms with Crippen LogP contribution in [0.5, 0.6) is 0 Å². The third-order valence-electron chi connectivity index (χ3n) is 3.05. The van der Waals surface area contributed by atoms with Crippen LogP contribution >= 0.6 is 0 Å². The van der Waals surface area contributed by atoms with E-state index in [2.05, 4.69) is 10.6 Å². The van der Waals surface area contributed by atoms with Crippen LogP contribution in [-0.4, -0.2) is 19.2 Å². The molecule has 0 aromatic heterocycles. The van der Waals surface area contributed by atoms with Crippen molar-refractivity contribution in [1.82, 2.24) is 0 Å². The Morgan fingerprint density at radius 1 is 0.778 bits per heavy atom. The number of benzene rings is 2. The number of aliphatic hydroxyl groups is 1. The molecule has 2 rings (SSSR count). The molecule has 0 atom stereocenters. The average Bonchev–Trinajstić information content (AvgIpc) is 2.46. The van der Waals surface area contributed by atoms with Gasteiger partial charge in [0.05, 0.1) is 0 Å². The third kappa shape index (κ3) is 2.31. The molecule has 0 fully saturated rings. The maximum atomic E-state index is 10.5. The zero-order valence-electron chi connectivity index (χ0n) is 10.6. The van der Waals surface area contributed by atoms with Gasteiger partial charge < -0.3 is 15.7 Å². The summed E-state index contributed by atoms with van der Waals surface area (Å²) in [6, 6.07) is 15.5. The third-order valence-corrected chi connectivity index (χ3v) is 3.05. The van der Waals surface area contributed by atoms with E-state index in [0.29, 0.717) is 0 Å². The molecule has 94 valence electrons. The predicted molar refractivity (Wildman–Crippen MR) is 76.0 cm³/mol. The van der Waals surface area contributed by atoms with Crippen molar-refractivity contribution in [1.29, 1.82) is 0 Å². The first-order chi connectivity index (χ1) is 8.77. The van der Waals surface area contributed by atoms with Crippen molar-refractivity contribution >= 4 is 11.4 Å². The van der Waals surface area contributed by atoms with Gasteiger partial charge in [-0.3, -0.25) is 0 Å². The number of hydrogen-bond acceptors (Lipinski definition) is 3. The molecular formula is C15H18N2O. The van der Waals surface area contributed by atoms with Crippen LogP contribution in [-0.2, 0) is 0 Å². The second-order valence-corrected chi connectivity index (χ2v) is 4.08. The summed E-state index contributed by atoms with van der Waals surface area (Å²) in [5.74, 6) is 0. The molecule has 3 nitrogen and oxygen atoms in total. The molecule has 0 unspecified atom stereocenters. The van der Waals surface area contributed by atoms with Crippen LogP contribution in [0.3, 0.4) is 0 Å². The summed E-state index contributed by atoms with van der Waals surface area (Å²) in [6.45, 7) is 0. The van der Waals surface area contributed by atoms with E-state index in [9.17, 15) is 5.11 Å². The van der Waals surface area contributed by atoms with E-state index in [1.165, 1.54) is 0 Å². The van der Waals surface area contributed by atoms with E-state index in [1.807, 2.05) is 62.6 Å². The molecule has 0 saturated heterocycles. The van der Waals surface area contributed by atoms with Crippen LogP contribution in [0.1, 0.15) is 17.2 Å². The van der Waals surface area contributed by atoms with Gasteiger partial charge in [0.2, 0.25) is 0 Å². The maximum absolute atomic E-state index is 10.5. The summed E-state index contributed by atoms with van der Waals surface area (Å²) >= 11 is 0. The largest absolute Gasteiger partial charge is 0.388 e. The summed E-state index contributed by atoms with van der Waals surface area (Å²) in [7, 11) is 3.71. The van der Waals surface area contributed by atoms with Crippen molar-refractivity contribution < 1.29 is 5.11 Å². The van der Waals surface area contributed by atoms with E-state index < -0.39 is 6.10 Å². The number of aliphatic hydroxyl groups excluding tert-OH is 1. The molecule has 18 heavy (non-hydrogen) atoms. The van der Waals surface area contributed by atoms with Crippen LogP contribution in [0.25, 0.3) is 0 Å². The Hall–Kier alpha value is -2.00. The predicted octanol–water partition coefficient (Wildman–Crippen LogP) is 2.85. The maximum Gasteiger partial charge on any atom is 0.108 e. The van der Waals surface area contributed by atoms with Gasteiger partial charge in [-0.25, -0.2) is 0 Å². The summed E-state index contributed by atoms with van der Waals surface area (Å²) < 4.78 is 0. The fraction of sp³-hybridized carbons (Fsp3) is 0.200. The zero-order valence-corrected chi connectivity index (χ0v) is 10.6. The molecule has 0 spiro atoms. The van der Waals surface area contributed by atoms with Gasteiger partial charge in [0.25, 0.3) is 0 Å². The van der Waals surface area contributed by atoms with Gasteiger partial charge in [-0.2, -0.15) is 0 Å². The number of para-hydroxylation sites is 2. The van der Waals surface area contributed by atoms with Crippen LogP contribution in [0.15, 0.2) is 48.5 Å². The second-order valence-electron chi connectivity index (χ2n) is 4.08. The topological polar surface area (TPSA) is 44.3 Å². The molecule has 0 aliphatic heterocycles. The average molecular weight is 242 g/mol. The van der Waals surface area contributed by atoms with Gasteiger partial charge in [0, 0.05) is 36.6 Å². The highest BCUT2D eigenvalue weighted by Crippen LogP contribution is 2.31. The lowest BCUT2D eigenvalue weighted by atomic mass is 9.98. The lowest BCUT2D eigenvalue weighted by Crippen LogP contribution is -2.06. The molecular weight excluding hydrogens is 224 g/mol. The summed E-state index contributed by atoms with van der Waals surface area (Å²) in [5, 5.41) is 16.7. The van der Waals surface area contributed by atoms with E-state index in [-0.39, 0.29) is 0 Å². The van der Waals surface area contributed by atoms with Crippen LogP contribution in [0.2, 0.25) is 0 Å². The summed E-state index contributed by atoms with van der Waals surface area (Å²) in [5.41, 5.74) is 3.64. The summed E-state index contributed by atoms with van der Waals surface area (Å²) in [6.07, 6.45) is -0.641. The first kappa shape index (κ1) is 12.5. The molecule has 0 bridgehead atoms. The fourth-order valence-electron chi connectivity index (χ4n) is 2.09. The van der Waals surface area contributed by atoms with E-state index in [0.717, 1.165) is 22.5 Å². The highest BCUT2D eigenvalue weighted by Gasteiger charge is 2.16. The van der Waals surface area contributed by atoms with Gasteiger partial charge in [-0.15, -0.1) is 0 Å². The first-order valence-electron chi connectivity index (χ1n) is 5.99. The van der Waals surface area contributed by atoms with Gasteiger partial charge in [0.1, 0.15) is 6.10 Å². The smallest absolute Gasteiger partial charge is 0.108 e. The van der Waals surface area contributed by atoms with Gasteiger partial charge in [-0.05, 0) is 12.1 Å². The number of hydrogen-bond donors (Lipinski definition) is 3. The second kappa shape index (κ2) is 5.56. The summed E-state index contributed by atoms with van der Waals surface area (Å²) in [4.78, 5) is 0. The molecule has 0 amide bonds. The van der Waals surface area contributed by atoms with Crippen LogP contribution < -0.4 is 10.6 Å². The van der Waals surface area contributed by atoms with Gasteiger partial charge in [-0.1, -0.05) is 36.4 Å². The van der Waals surface area contributed by atoms with Crippen molar-refractivity contribution in [2.24, 2.45) is 0 Å². The number of anilines is 2. The van der Waals surface area contributed by atoms with Crippen molar-refractivity contribution in [2.45, 2.75) is 6.10 Å². The minimum Gasteiger partial charge on any atom is -0.388 e. The van der Waals surface area contributed by atoms with E-state index in [4.69, 9.17) is 0 Å². The SMILES string of the molecule is CNc1ccccc1C(O)c1ccccc1NC. The minimum absolute atomic E-state index is 0.641. The number of rotatable bonds is 4. The van der Waals surface area contributed by atoms with Crippen molar-refractivity contribution in [3.8, 4) is 0 Å². The van der Waals surface area contributed by atoms with Crippen molar-refractivity contribution in [3.63, 3.8) is 0 Å². The molecule has 2 aromatic rings. The monoisotopic (exact) mass is 242 g/mol. The Morgan fingerprint density at radius 2 is 1.17 bits per heavy atom. The van der Waals surface area contributed by atoms with Crippen molar-refractivity contribution in [3.05, 3.63) is 59.7 Å². The first-order valence-corrected chi connectivity index (χ1v) is 5.99. The van der Waals surface area contributed by atoms with Crippen LogP contribution in [0.4, 0.5) is 11.4 Å². The van der Waals surface area contributed by atoms with Crippen molar-refractivity contribution in [2.75, 3.05) is 24.7 Å². The normalized spacial score (nSPS) is 10.4. The highest BCUT2D eigenvalue weighted by molar-refractivity contribution is 5.59. The highest BCUT2D eigenvalue weighted by atomic mass is 16.3. The molecule has 0 aliphatic rings. The molecule has 0 saturated carbocycles. The Balaban J connectivity index is 2.44. The van der Waals surface area contributed by atoms with Gasteiger partial charge >= 0.3 is 0 Å². The fourth-order valence-corrected chi connectivity index (χ4v) is 2.09. The molecule has 0 heterocycles. The Labute approximate surface area is 107 Å². The molecule has 3 N–H and O–H groups in total. The molecule has 0 aliphatic carbocycles.